The number of nitrogens with one attached hydrogen (secondary N) is 2. The molecular weight excluding hydrogens is 433 g/mol. The second kappa shape index (κ2) is 11.5. The number of nitrogens with zero attached hydrogens (tertiary/aromatic N) is 1. The molecule has 1 aliphatic carbocycles. The lowest BCUT2D eigenvalue weighted by molar-refractivity contribution is -0.127. The van der Waals surface area contributed by atoms with E-state index in [1.807, 2.05) is 24.3 Å². The highest BCUT2D eigenvalue weighted by Gasteiger charge is 2.27. The molecule has 0 bridgehead atoms. The van der Waals surface area contributed by atoms with Crippen molar-refractivity contribution in [2.75, 3.05) is 25.5 Å². The van der Waals surface area contributed by atoms with Gasteiger partial charge in [-0.3, -0.25) is 14.5 Å². The summed E-state index contributed by atoms with van der Waals surface area (Å²) in [5.41, 5.74) is 1.95. The van der Waals surface area contributed by atoms with Crippen molar-refractivity contribution < 1.29 is 18.7 Å². The lowest BCUT2D eigenvalue weighted by Crippen LogP contribution is -2.44. The number of rotatable bonds is 7. The predicted octanol–water partition coefficient (Wildman–Crippen LogP) is 4.75. The van der Waals surface area contributed by atoms with Gasteiger partial charge in [0, 0.05) is 35.8 Å². The van der Waals surface area contributed by atoms with Crippen molar-refractivity contribution in [1.29, 1.82) is 0 Å². The number of carbonyl (C=O) groups excluding carboxylic acids is 2. The van der Waals surface area contributed by atoms with E-state index in [0.717, 1.165) is 50.9 Å². The van der Waals surface area contributed by atoms with Crippen LogP contribution in [0.15, 0.2) is 42.5 Å². The summed E-state index contributed by atoms with van der Waals surface area (Å²) in [6, 6.07) is 12.0. The van der Waals surface area contributed by atoms with Crippen LogP contribution in [-0.4, -0.2) is 43.0 Å². The van der Waals surface area contributed by atoms with E-state index in [-0.39, 0.29) is 23.3 Å². The Hall–Kier alpha value is -2.93. The van der Waals surface area contributed by atoms with E-state index in [9.17, 15) is 14.0 Å². The zero-order chi connectivity index (χ0) is 23.9. The van der Waals surface area contributed by atoms with Crippen LogP contribution in [0.2, 0.25) is 0 Å². The minimum Gasteiger partial charge on any atom is -0.497 e. The van der Waals surface area contributed by atoms with Crippen molar-refractivity contribution >= 4 is 17.5 Å². The van der Waals surface area contributed by atoms with Crippen LogP contribution >= 0.6 is 0 Å². The van der Waals surface area contributed by atoms with E-state index in [1.165, 1.54) is 44.6 Å². The number of carbonyl (C=O) groups is 2. The molecule has 1 saturated carbocycles. The first kappa shape index (κ1) is 24.2. The first-order valence-electron chi connectivity index (χ1n) is 12.3. The number of piperidine rings is 1. The molecule has 2 N–H and O–H groups in total. The fourth-order valence-electron chi connectivity index (χ4n) is 4.94. The fraction of sp³-hybridized carbons (Fsp3) is 0.481. The summed E-state index contributed by atoms with van der Waals surface area (Å²) in [5, 5.41) is 6.12. The van der Waals surface area contributed by atoms with Crippen LogP contribution < -0.4 is 15.4 Å². The molecule has 34 heavy (non-hydrogen) atoms. The van der Waals surface area contributed by atoms with Crippen molar-refractivity contribution in [1.82, 2.24) is 10.2 Å². The maximum atomic E-state index is 13.7. The summed E-state index contributed by atoms with van der Waals surface area (Å²) in [4.78, 5) is 27.6. The first-order valence-corrected chi connectivity index (χ1v) is 12.3. The molecule has 2 aromatic carbocycles. The molecule has 2 aromatic rings. The van der Waals surface area contributed by atoms with Crippen molar-refractivity contribution in [3.8, 4) is 5.75 Å². The average molecular weight is 468 g/mol. The van der Waals surface area contributed by atoms with Crippen LogP contribution in [-0.2, 0) is 11.3 Å². The third-order valence-electron chi connectivity index (χ3n) is 6.87. The van der Waals surface area contributed by atoms with Gasteiger partial charge in [-0.2, -0.15) is 0 Å². The summed E-state index contributed by atoms with van der Waals surface area (Å²) >= 11 is 0. The van der Waals surface area contributed by atoms with E-state index in [1.54, 1.807) is 0 Å². The van der Waals surface area contributed by atoms with Crippen LogP contribution in [0.4, 0.5) is 10.1 Å². The van der Waals surface area contributed by atoms with Crippen LogP contribution in [0.25, 0.3) is 0 Å². The van der Waals surface area contributed by atoms with Gasteiger partial charge in [0.1, 0.15) is 11.6 Å². The second-order valence-electron chi connectivity index (χ2n) is 9.43. The van der Waals surface area contributed by atoms with Gasteiger partial charge in [0.2, 0.25) is 5.91 Å². The molecule has 182 valence electrons. The van der Waals surface area contributed by atoms with Crippen LogP contribution in [0, 0.1) is 11.7 Å². The number of hydrogen-bond donors (Lipinski definition) is 2. The summed E-state index contributed by atoms with van der Waals surface area (Å²) in [7, 11) is 1.44. The molecule has 1 aliphatic heterocycles. The van der Waals surface area contributed by atoms with Crippen molar-refractivity contribution in [3.05, 3.63) is 59.4 Å². The van der Waals surface area contributed by atoms with Crippen molar-refractivity contribution in [2.45, 2.75) is 57.5 Å². The first-order chi connectivity index (χ1) is 16.5. The van der Waals surface area contributed by atoms with Gasteiger partial charge >= 0.3 is 0 Å². The molecule has 4 rings (SSSR count). The molecule has 0 aromatic heterocycles. The summed E-state index contributed by atoms with van der Waals surface area (Å²) in [5.74, 6) is -0.277. The topological polar surface area (TPSA) is 70.7 Å². The van der Waals surface area contributed by atoms with E-state index in [2.05, 4.69) is 15.5 Å². The standard InChI is InChI=1S/C27H34FN3O3/c1-34-25-16-21(15-22(28)17-25)27(33)30-24-9-5-6-19(14-24)18-31-12-10-20(11-13-31)26(32)29-23-7-3-2-4-8-23/h5-6,9,14-17,20,23H,2-4,7-8,10-13,18H2,1H3,(H,29,32)(H,30,33). The maximum absolute atomic E-state index is 13.7. The Kier molecular flexibility index (Phi) is 8.16. The lowest BCUT2D eigenvalue weighted by Gasteiger charge is -2.32. The molecule has 0 atom stereocenters. The average Bonchev–Trinajstić information content (AvgIpc) is 2.85. The normalized spacial score (nSPS) is 17.8. The number of amides is 2. The Morgan fingerprint density at radius 1 is 1.03 bits per heavy atom. The number of anilines is 1. The fourth-order valence-corrected chi connectivity index (χ4v) is 4.94. The maximum Gasteiger partial charge on any atom is 0.255 e. The van der Waals surface area contributed by atoms with Gasteiger partial charge < -0.3 is 15.4 Å². The molecule has 0 unspecified atom stereocenters. The van der Waals surface area contributed by atoms with Crippen LogP contribution in [0.1, 0.15) is 60.9 Å². The quantitative estimate of drug-likeness (QED) is 0.617. The Balaban J connectivity index is 1.28. The van der Waals surface area contributed by atoms with Gasteiger partial charge in [0.25, 0.3) is 5.91 Å². The zero-order valence-corrected chi connectivity index (χ0v) is 19.8. The van der Waals surface area contributed by atoms with E-state index >= 15 is 0 Å². The molecule has 1 saturated heterocycles. The molecule has 6 nitrogen and oxygen atoms in total. The predicted molar refractivity (Wildman–Crippen MR) is 130 cm³/mol. The van der Waals surface area contributed by atoms with Gasteiger partial charge in [-0.1, -0.05) is 31.4 Å². The Morgan fingerprint density at radius 2 is 1.79 bits per heavy atom. The molecule has 2 amide bonds. The van der Waals surface area contributed by atoms with Gasteiger partial charge in [0.15, 0.2) is 0 Å². The lowest BCUT2D eigenvalue weighted by atomic mass is 9.92. The highest BCUT2D eigenvalue weighted by Crippen LogP contribution is 2.23. The monoisotopic (exact) mass is 467 g/mol. The number of benzene rings is 2. The van der Waals surface area contributed by atoms with E-state index in [0.29, 0.717) is 17.5 Å². The van der Waals surface area contributed by atoms with Gasteiger partial charge in [-0.15, -0.1) is 0 Å². The van der Waals surface area contributed by atoms with Crippen LogP contribution in [0.5, 0.6) is 5.75 Å². The van der Waals surface area contributed by atoms with Gasteiger partial charge in [0.05, 0.1) is 7.11 Å². The Morgan fingerprint density at radius 3 is 2.53 bits per heavy atom. The third kappa shape index (κ3) is 6.56. The van der Waals surface area contributed by atoms with Gasteiger partial charge in [-0.25, -0.2) is 4.39 Å². The highest BCUT2D eigenvalue weighted by molar-refractivity contribution is 6.04. The Bertz CT molecular complexity index is 998. The number of hydrogen-bond acceptors (Lipinski definition) is 4. The van der Waals surface area contributed by atoms with E-state index < -0.39 is 5.82 Å². The minimum absolute atomic E-state index is 0.104. The molecule has 0 radical (unpaired) electrons. The summed E-state index contributed by atoms with van der Waals surface area (Å²) < 4.78 is 18.8. The number of likely N-dealkylation sites (tertiary alicyclic amines) is 1. The summed E-state index contributed by atoms with van der Waals surface area (Å²) in [6.45, 7) is 2.51. The minimum atomic E-state index is -0.519. The number of halogens is 1. The Labute approximate surface area is 200 Å². The highest BCUT2D eigenvalue weighted by atomic mass is 19.1. The molecular formula is C27H34FN3O3. The zero-order valence-electron chi connectivity index (χ0n) is 19.8. The summed E-state index contributed by atoms with van der Waals surface area (Å²) in [6.07, 6.45) is 7.70. The van der Waals surface area contributed by atoms with E-state index in [4.69, 9.17) is 4.74 Å². The van der Waals surface area contributed by atoms with Gasteiger partial charge in [-0.05, 0) is 68.6 Å². The number of methoxy groups -OCH3 is 1. The van der Waals surface area contributed by atoms with Crippen molar-refractivity contribution in [2.24, 2.45) is 5.92 Å². The van der Waals surface area contributed by atoms with Crippen molar-refractivity contribution in [3.63, 3.8) is 0 Å². The molecule has 7 heteroatoms. The second-order valence-corrected chi connectivity index (χ2v) is 9.43. The number of ether oxygens (including phenoxy) is 1. The molecule has 0 spiro atoms. The SMILES string of the molecule is COc1cc(F)cc(C(=O)Nc2cccc(CN3CCC(C(=O)NC4CCCCC4)CC3)c2)c1. The molecule has 2 fully saturated rings. The largest absolute Gasteiger partial charge is 0.497 e. The van der Waals surface area contributed by atoms with Crippen LogP contribution in [0.3, 0.4) is 0 Å². The third-order valence-corrected chi connectivity index (χ3v) is 6.87. The smallest absolute Gasteiger partial charge is 0.255 e. The molecule has 2 aliphatic rings. The molecule has 1 heterocycles.